The summed E-state index contributed by atoms with van der Waals surface area (Å²) in [6.45, 7) is 2.03. The number of hydroxylamine groups is 1. The number of sulfonamides is 1. The number of benzene rings is 2. The predicted octanol–water partition coefficient (Wildman–Crippen LogP) is 3.66. The maximum Gasteiger partial charge on any atom is 0.264 e. The molecular formula is C23H26N4O4S. The van der Waals surface area contributed by atoms with Crippen LogP contribution in [-0.2, 0) is 14.9 Å². The Labute approximate surface area is 187 Å². The molecule has 0 saturated carbocycles. The van der Waals surface area contributed by atoms with Gasteiger partial charge in [-0.15, -0.1) is 0 Å². The molecule has 8 nitrogen and oxygen atoms in total. The molecule has 1 saturated heterocycles. The molecule has 1 aromatic heterocycles. The van der Waals surface area contributed by atoms with Crippen LogP contribution in [0.1, 0.15) is 29.6 Å². The Morgan fingerprint density at radius 3 is 2.62 bits per heavy atom. The number of anilines is 2. The van der Waals surface area contributed by atoms with Crippen molar-refractivity contribution in [1.82, 2.24) is 9.45 Å². The zero-order chi connectivity index (χ0) is 22.7. The zero-order valence-corrected chi connectivity index (χ0v) is 18.9. The fraction of sp³-hybridized carbons (Fsp3) is 0.304. The summed E-state index contributed by atoms with van der Waals surface area (Å²) in [5, 5.41) is 4.78. The van der Waals surface area contributed by atoms with Crippen LogP contribution < -0.4 is 10.2 Å². The van der Waals surface area contributed by atoms with Crippen molar-refractivity contribution in [1.29, 1.82) is 0 Å². The second-order valence-electron chi connectivity index (χ2n) is 7.68. The highest BCUT2D eigenvalue weighted by molar-refractivity contribution is 7.89. The molecule has 168 valence electrons. The van der Waals surface area contributed by atoms with Crippen molar-refractivity contribution in [2.45, 2.75) is 24.2 Å². The number of hydrogen-bond donors (Lipinski definition) is 1. The molecule has 1 N–H and O–H groups in total. The van der Waals surface area contributed by atoms with Gasteiger partial charge >= 0.3 is 0 Å². The molecule has 9 heteroatoms. The summed E-state index contributed by atoms with van der Waals surface area (Å²) in [7, 11) is -1.29. The average Bonchev–Trinajstić information content (AvgIpc) is 2.84. The summed E-state index contributed by atoms with van der Waals surface area (Å²) in [6.07, 6.45) is 7.08. The van der Waals surface area contributed by atoms with Gasteiger partial charge in [-0.2, -0.15) is 0 Å². The molecule has 1 fully saturated rings. The monoisotopic (exact) mass is 454 g/mol. The molecule has 1 amide bonds. The van der Waals surface area contributed by atoms with Crippen LogP contribution in [0, 0.1) is 0 Å². The number of nitrogens with zero attached hydrogens (tertiary/aromatic N) is 3. The van der Waals surface area contributed by atoms with Crippen molar-refractivity contribution >= 4 is 38.1 Å². The van der Waals surface area contributed by atoms with Gasteiger partial charge < -0.3 is 10.2 Å². The Bertz CT molecular complexity index is 1240. The molecule has 0 atom stereocenters. The number of fused-ring (bicyclic) bond motifs is 1. The lowest BCUT2D eigenvalue weighted by atomic mass is 10.0. The third-order valence-electron chi connectivity index (χ3n) is 5.73. The maximum absolute atomic E-state index is 13.0. The molecule has 2 aromatic carbocycles. The zero-order valence-electron chi connectivity index (χ0n) is 18.1. The summed E-state index contributed by atoms with van der Waals surface area (Å²) >= 11 is 0. The summed E-state index contributed by atoms with van der Waals surface area (Å²) in [4.78, 5) is 24.4. The number of piperidine rings is 1. The van der Waals surface area contributed by atoms with E-state index >= 15 is 0 Å². The van der Waals surface area contributed by atoms with Crippen molar-refractivity contribution < 1.29 is 18.0 Å². The van der Waals surface area contributed by atoms with Crippen molar-refractivity contribution in [2.24, 2.45) is 0 Å². The molecule has 0 aliphatic carbocycles. The number of carbonyl (C=O) groups excluding carboxylic acids is 1. The molecule has 1 aliphatic heterocycles. The number of nitrogens with one attached hydrogen (secondary N) is 1. The first kappa shape index (κ1) is 22.2. The number of pyridine rings is 1. The second kappa shape index (κ2) is 9.23. The Kier molecular flexibility index (Phi) is 6.40. The lowest BCUT2D eigenvalue weighted by Gasteiger charge is -2.30. The Morgan fingerprint density at radius 1 is 1.09 bits per heavy atom. The minimum atomic E-state index is -3.86. The minimum absolute atomic E-state index is 0.0264. The van der Waals surface area contributed by atoms with E-state index in [1.54, 1.807) is 18.5 Å². The third-order valence-corrected chi connectivity index (χ3v) is 7.41. The molecule has 0 spiro atoms. The van der Waals surface area contributed by atoms with Gasteiger partial charge in [-0.25, -0.2) is 8.42 Å². The Hall–Kier alpha value is -3.01. The van der Waals surface area contributed by atoms with Crippen LogP contribution in [0.25, 0.3) is 10.8 Å². The van der Waals surface area contributed by atoms with Gasteiger partial charge in [0.1, 0.15) is 0 Å². The van der Waals surface area contributed by atoms with Crippen LogP contribution in [0.2, 0.25) is 0 Å². The van der Waals surface area contributed by atoms with E-state index in [2.05, 4.69) is 15.2 Å². The van der Waals surface area contributed by atoms with Gasteiger partial charge in [-0.1, -0.05) is 10.5 Å². The standard InChI is InChI=1S/C23H26N4O4S/c1-26(31-2)32(29,30)18-8-6-7-17(15-18)23(28)25-21-9-10-22(27-13-4-3-5-14-27)19-11-12-24-16-20(19)21/h6-12,15-16H,3-5,13-14H2,1-2H3,(H,25,28). The van der Waals surface area contributed by atoms with E-state index in [0.29, 0.717) is 5.69 Å². The van der Waals surface area contributed by atoms with Gasteiger partial charge in [-0.3, -0.25) is 14.6 Å². The highest BCUT2D eigenvalue weighted by atomic mass is 32.2. The van der Waals surface area contributed by atoms with Crippen molar-refractivity contribution in [3.8, 4) is 0 Å². The Balaban J connectivity index is 1.65. The van der Waals surface area contributed by atoms with Gasteiger partial charge in [0.15, 0.2) is 0 Å². The fourth-order valence-corrected chi connectivity index (χ4v) is 4.95. The Morgan fingerprint density at radius 2 is 1.88 bits per heavy atom. The van der Waals surface area contributed by atoms with Crippen molar-refractivity contribution in [2.75, 3.05) is 37.5 Å². The van der Waals surface area contributed by atoms with Crippen molar-refractivity contribution in [3.05, 3.63) is 60.4 Å². The fourth-order valence-electron chi connectivity index (χ4n) is 3.93. The third kappa shape index (κ3) is 4.32. The summed E-state index contributed by atoms with van der Waals surface area (Å²) in [6, 6.07) is 11.7. The first-order chi connectivity index (χ1) is 15.4. The van der Waals surface area contributed by atoms with Crippen LogP contribution in [0.15, 0.2) is 59.8 Å². The van der Waals surface area contributed by atoms with E-state index in [1.807, 2.05) is 18.2 Å². The van der Waals surface area contributed by atoms with E-state index in [0.717, 1.165) is 34.0 Å². The highest BCUT2D eigenvalue weighted by Crippen LogP contribution is 2.33. The maximum atomic E-state index is 13.0. The normalized spacial score (nSPS) is 14.7. The number of rotatable bonds is 6. The summed E-state index contributed by atoms with van der Waals surface area (Å²) in [5.41, 5.74) is 1.99. The average molecular weight is 455 g/mol. The van der Waals surface area contributed by atoms with Gasteiger partial charge in [0.05, 0.1) is 17.7 Å². The van der Waals surface area contributed by atoms with Crippen LogP contribution >= 0.6 is 0 Å². The lowest BCUT2D eigenvalue weighted by Crippen LogP contribution is -2.29. The summed E-state index contributed by atoms with van der Waals surface area (Å²) in [5.74, 6) is -0.405. The van der Waals surface area contributed by atoms with Crippen LogP contribution in [0.3, 0.4) is 0 Å². The molecule has 0 radical (unpaired) electrons. The van der Waals surface area contributed by atoms with Gasteiger partial charge in [0.25, 0.3) is 15.9 Å². The molecular weight excluding hydrogens is 428 g/mol. The number of amides is 1. The first-order valence-corrected chi connectivity index (χ1v) is 11.9. The summed E-state index contributed by atoms with van der Waals surface area (Å²) < 4.78 is 25.8. The topological polar surface area (TPSA) is 91.8 Å². The molecule has 1 aliphatic rings. The largest absolute Gasteiger partial charge is 0.371 e. The predicted molar refractivity (Wildman–Crippen MR) is 124 cm³/mol. The number of carbonyl (C=O) groups is 1. The molecule has 0 bridgehead atoms. The minimum Gasteiger partial charge on any atom is -0.371 e. The van der Waals surface area contributed by atoms with Crippen molar-refractivity contribution in [3.63, 3.8) is 0 Å². The van der Waals surface area contributed by atoms with Gasteiger partial charge in [0, 0.05) is 54.6 Å². The highest BCUT2D eigenvalue weighted by Gasteiger charge is 2.22. The molecule has 32 heavy (non-hydrogen) atoms. The lowest BCUT2D eigenvalue weighted by molar-refractivity contribution is -0.0258. The molecule has 3 aromatic rings. The molecule has 4 rings (SSSR count). The quantitative estimate of drug-likeness (QED) is 0.572. The van der Waals surface area contributed by atoms with Crippen LogP contribution in [0.4, 0.5) is 11.4 Å². The van der Waals surface area contributed by atoms with E-state index in [-0.39, 0.29) is 10.5 Å². The van der Waals surface area contributed by atoms with E-state index < -0.39 is 15.9 Å². The van der Waals surface area contributed by atoms with E-state index in [4.69, 9.17) is 4.84 Å². The molecule has 2 heterocycles. The number of aromatic nitrogens is 1. The van der Waals surface area contributed by atoms with Crippen LogP contribution in [0.5, 0.6) is 0 Å². The first-order valence-electron chi connectivity index (χ1n) is 10.5. The SMILES string of the molecule is CON(C)S(=O)(=O)c1cccc(C(=O)Nc2ccc(N3CCCCC3)c3ccncc23)c1. The van der Waals surface area contributed by atoms with Gasteiger partial charge in [-0.05, 0) is 55.7 Å². The van der Waals surface area contributed by atoms with E-state index in [9.17, 15) is 13.2 Å². The second-order valence-corrected chi connectivity index (χ2v) is 9.62. The van der Waals surface area contributed by atoms with Gasteiger partial charge in [0.2, 0.25) is 0 Å². The van der Waals surface area contributed by atoms with E-state index in [1.165, 1.54) is 51.6 Å². The van der Waals surface area contributed by atoms with Crippen LogP contribution in [-0.4, -0.2) is 51.0 Å². The molecule has 0 unspecified atom stereocenters. The smallest absolute Gasteiger partial charge is 0.264 e. The number of hydrogen-bond acceptors (Lipinski definition) is 6.